The number of phenols is 1. The third-order valence-corrected chi connectivity index (χ3v) is 2.44. The van der Waals surface area contributed by atoms with Gasteiger partial charge in [0.25, 0.3) is 0 Å². The highest BCUT2D eigenvalue weighted by molar-refractivity contribution is 5.40. The molecule has 0 atom stereocenters. The topological polar surface area (TPSA) is 32.3 Å². The molecule has 0 saturated heterocycles. The van der Waals surface area contributed by atoms with E-state index in [2.05, 4.69) is 19.2 Å². The molecule has 0 spiro atoms. The lowest BCUT2D eigenvalue weighted by molar-refractivity contribution is 0.463. The molecule has 1 aromatic carbocycles. The molecule has 0 aromatic heterocycles. The SMILES string of the molecule is CCCNCc1cc(C)c(C)cc1O. The largest absolute Gasteiger partial charge is 0.508 e. The fourth-order valence-corrected chi connectivity index (χ4v) is 1.40. The van der Waals surface area contributed by atoms with Crippen LogP contribution in [0.25, 0.3) is 0 Å². The van der Waals surface area contributed by atoms with Crippen molar-refractivity contribution in [2.24, 2.45) is 0 Å². The third kappa shape index (κ3) is 2.74. The third-order valence-electron chi connectivity index (χ3n) is 2.44. The standard InChI is InChI=1S/C12H19NO/c1-4-5-13-8-11-6-9(2)10(3)7-12(11)14/h6-7,13-14H,4-5,8H2,1-3H3. The Hall–Kier alpha value is -1.02. The summed E-state index contributed by atoms with van der Waals surface area (Å²) in [5.41, 5.74) is 3.36. The number of phenolic OH excluding ortho intramolecular Hbond substituents is 1. The highest BCUT2D eigenvalue weighted by Gasteiger charge is 2.03. The molecule has 0 amide bonds. The highest BCUT2D eigenvalue weighted by Crippen LogP contribution is 2.21. The summed E-state index contributed by atoms with van der Waals surface area (Å²) in [5.74, 6) is 0.400. The minimum Gasteiger partial charge on any atom is -0.508 e. The highest BCUT2D eigenvalue weighted by atomic mass is 16.3. The molecule has 78 valence electrons. The molecular formula is C12H19NO. The zero-order valence-corrected chi connectivity index (χ0v) is 9.22. The van der Waals surface area contributed by atoms with E-state index in [0.717, 1.165) is 30.6 Å². The summed E-state index contributed by atoms with van der Waals surface area (Å²) in [6.45, 7) is 7.96. The monoisotopic (exact) mass is 193 g/mol. The molecule has 1 rings (SSSR count). The van der Waals surface area contributed by atoms with Gasteiger partial charge in [-0.1, -0.05) is 13.0 Å². The van der Waals surface area contributed by atoms with Crippen molar-refractivity contribution in [1.82, 2.24) is 5.32 Å². The molecule has 0 fully saturated rings. The van der Waals surface area contributed by atoms with E-state index in [-0.39, 0.29) is 0 Å². The quantitative estimate of drug-likeness (QED) is 0.720. The molecule has 0 radical (unpaired) electrons. The molecule has 0 saturated carbocycles. The number of aryl methyl sites for hydroxylation is 2. The summed E-state index contributed by atoms with van der Waals surface area (Å²) in [6.07, 6.45) is 1.12. The van der Waals surface area contributed by atoms with Crippen LogP contribution < -0.4 is 5.32 Å². The van der Waals surface area contributed by atoms with Gasteiger partial charge in [-0.15, -0.1) is 0 Å². The van der Waals surface area contributed by atoms with Crippen LogP contribution in [0.3, 0.4) is 0 Å². The number of nitrogens with one attached hydrogen (secondary N) is 1. The van der Waals surface area contributed by atoms with E-state index in [4.69, 9.17) is 0 Å². The zero-order valence-electron chi connectivity index (χ0n) is 9.22. The Balaban J connectivity index is 2.72. The van der Waals surface area contributed by atoms with E-state index >= 15 is 0 Å². The summed E-state index contributed by atoms with van der Waals surface area (Å²) in [7, 11) is 0. The maximum Gasteiger partial charge on any atom is 0.120 e. The first-order chi connectivity index (χ1) is 6.65. The van der Waals surface area contributed by atoms with Crippen molar-refractivity contribution in [3.8, 4) is 5.75 Å². The normalized spacial score (nSPS) is 10.5. The van der Waals surface area contributed by atoms with Crippen LogP contribution in [-0.4, -0.2) is 11.7 Å². The number of aromatic hydroxyl groups is 1. The fraction of sp³-hybridized carbons (Fsp3) is 0.500. The van der Waals surface area contributed by atoms with Gasteiger partial charge < -0.3 is 10.4 Å². The summed E-state index contributed by atoms with van der Waals surface area (Å²) in [5, 5.41) is 13.0. The van der Waals surface area contributed by atoms with Crippen molar-refractivity contribution >= 4 is 0 Å². The first-order valence-corrected chi connectivity index (χ1v) is 5.15. The number of hydrogen-bond donors (Lipinski definition) is 2. The minimum atomic E-state index is 0.400. The minimum absolute atomic E-state index is 0.400. The molecule has 0 aliphatic heterocycles. The summed E-state index contributed by atoms with van der Waals surface area (Å²) < 4.78 is 0. The van der Waals surface area contributed by atoms with Crippen LogP contribution >= 0.6 is 0 Å². The lowest BCUT2D eigenvalue weighted by atomic mass is 10.1. The van der Waals surface area contributed by atoms with Crippen LogP contribution in [0.15, 0.2) is 12.1 Å². The Kier molecular flexibility index (Phi) is 3.96. The molecule has 2 N–H and O–H groups in total. The van der Waals surface area contributed by atoms with Crippen LogP contribution in [0, 0.1) is 13.8 Å². The average molecular weight is 193 g/mol. The van der Waals surface area contributed by atoms with E-state index in [1.54, 1.807) is 0 Å². The molecule has 14 heavy (non-hydrogen) atoms. The van der Waals surface area contributed by atoms with Crippen LogP contribution in [0.1, 0.15) is 30.0 Å². The Morgan fingerprint density at radius 1 is 1.21 bits per heavy atom. The van der Waals surface area contributed by atoms with E-state index in [9.17, 15) is 5.11 Å². The van der Waals surface area contributed by atoms with Gasteiger partial charge in [-0.05, 0) is 44.0 Å². The maximum absolute atomic E-state index is 9.68. The van der Waals surface area contributed by atoms with Crippen molar-refractivity contribution in [2.75, 3.05) is 6.54 Å². The molecule has 0 aliphatic carbocycles. The van der Waals surface area contributed by atoms with Gasteiger partial charge in [-0.2, -0.15) is 0 Å². The first kappa shape index (κ1) is 11.1. The van der Waals surface area contributed by atoms with Gasteiger partial charge in [0, 0.05) is 12.1 Å². The van der Waals surface area contributed by atoms with Gasteiger partial charge in [0.2, 0.25) is 0 Å². The van der Waals surface area contributed by atoms with Crippen LogP contribution in [0.5, 0.6) is 5.75 Å². The predicted octanol–water partition coefficient (Wildman–Crippen LogP) is 2.51. The van der Waals surface area contributed by atoms with Gasteiger partial charge in [-0.3, -0.25) is 0 Å². The molecule has 0 heterocycles. The second-order valence-electron chi connectivity index (χ2n) is 3.74. The molecule has 0 bridgehead atoms. The van der Waals surface area contributed by atoms with Crippen molar-refractivity contribution in [3.05, 3.63) is 28.8 Å². The predicted molar refractivity (Wildman–Crippen MR) is 59.6 cm³/mol. The fourth-order valence-electron chi connectivity index (χ4n) is 1.40. The van der Waals surface area contributed by atoms with E-state index < -0.39 is 0 Å². The number of rotatable bonds is 4. The van der Waals surface area contributed by atoms with Gasteiger partial charge in [-0.25, -0.2) is 0 Å². The van der Waals surface area contributed by atoms with Crippen LogP contribution in [-0.2, 0) is 6.54 Å². The summed E-state index contributed by atoms with van der Waals surface area (Å²) in [4.78, 5) is 0. The average Bonchev–Trinajstić information content (AvgIpc) is 2.14. The van der Waals surface area contributed by atoms with Gasteiger partial charge in [0.05, 0.1) is 0 Å². The number of hydrogen-bond acceptors (Lipinski definition) is 2. The second-order valence-corrected chi connectivity index (χ2v) is 3.74. The van der Waals surface area contributed by atoms with Crippen molar-refractivity contribution in [1.29, 1.82) is 0 Å². The molecular weight excluding hydrogens is 174 g/mol. The van der Waals surface area contributed by atoms with Crippen molar-refractivity contribution < 1.29 is 5.11 Å². The summed E-state index contributed by atoms with van der Waals surface area (Å²) >= 11 is 0. The van der Waals surface area contributed by atoms with Gasteiger partial charge in [0.1, 0.15) is 5.75 Å². The van der Waals surface area contributed by atoms with E-state index in [1.165, 1.54) is 5.56 Å². The van der Waals surface area contributed by atoms with Gasteiger partial charge in [0.15, 0.2) is 0 Å². The molecule has 1 aromatic rings. The van der Waals surface area contributed by atoms with Gasteiger partial charge >= 0.3 is 0 Å². The lowest BCUT2D eigenvalue weighted by Crippen LogP contribution is -2.14. The smallest absolute Gasteiger partial charge is 0.120 e. The van der Waals surface area contributed by atoms with Crippen LogP contribution in [0.4, 0.5) is 0 Å². The molecule has 0 unspecified atom stereocenters. The Morgan fingerprint density at radius 3 is 2.50 bits per heavy atom. The maximum atomic E-state index is 9.68. The summed E-state index contributed by atoms with van der Waals surface area (Å²) in [6, 6.07) is 3.88. The van der Waals surface area contributed by atoms with Crippen molar-refractivity contribution in [2.45, 2.75) is 33.7 Å². The lowest BCUT2D eigenvalue weighted by Gasteiger charge is -2.09. The molecule has 2 heteroatoms. The molecule has 0 aliphatic rings. The van der Waals surface area contributed by atoms with Crippen molar-refractivity contribution in [3.63, 3.8) is 0 Å². The first-order valence-electron chi connectivity index (χ1n) is 5.15. The Bertz CT molecular complexity index is 307. The van der Waals surface area contributed by atoms with E-state index in [1.807, 2.05) is 19.1 Å². The second kappa shape index (κ2) is 5.01. The Labute approximate surface area is 86.0 Å². The number of benzene rings is 1. The van der Waals surface area contributed by atoms with E-state index in [0.29, 0.717) is 5.75 Å². The zero-order chi connectivity index (χ0) is 10.6. The molecule has 2 nitrogen and oxygen atoms in total. The Morgan fingerprint density at radius 2 is 1.86 bits per heavy atom. The van der Waals surface area contributed by atoms with Crippen LogP contribution in [0.2, 0.25) is 0 Å².